The van der Waals surface area contributed by atoms with Crippen molar-refractivity contribution in [3.8, 4) is 23.0 Å². The highest BCUT2D eigenvalue weighted by molar-refractivity contribution is 7.91. The number of amides is 4. The first-order valence-corrected chi connectivity index (χ1v) is 23.6. The zero-order valence-electron chi connectivity index (χ0n) is 38.3. The van der Waals surface area contributed by atoms with Crippen LogP contribution in [0.2, 0.25) is 0 Å². The van der Waals surface area contributed by atoms with Crippen LogP contribution in [0.25, 0.3) is 33.9 Å². The van der Waals surface area contributed by atoms with Gasteiger partial charge in [0.2, 0.25) is 0 Å². The fraction of sp³-hybridized carbons (Fsp3) is 0.362. The summed E-state index contributed by atoms with van der Waals surface area (Å²) in [5.74, 6) is 2.60. The first-order valence-electron chi connectivity index (χ1n) is 22.0. The summed E-state index contributed by atoms with van der Waals surface area (Å²) in [4.78, 5) is 43.1. The van der Waals surface area contributed by atoms with E-state index in [0.29, 0.717) is 71.4 Å². The van der Waals surface area contributed by atoms with Gasteiger partial charge >= 0.3 is 12.1 Å². The van der Waals surface area contributed by atoms with Crippen LogP contribution < -0.4 is 19.6 Å². The largest absolute Gasteiger partial charge is 0.351 e. The molecular weight excluding hydrogens is 843 g/mol. The van der Waals surface area contributed by atoms with Gasteiger partial charge in [0.15, 0.2) is 21.5 Å². The monoisotopic (exact) mass is 897 g/mol. The van der Waals surface area contributed by atoms with Gasteiger partial charge in [-0.25, -0.2) is 28.0 Å². The van der Waals surface area contributed by atoms with Crippen molar-refractivity contribution >= 4 is 55.8 Å². The van der Waals surface area contributed by atoms with Crippen molar-refractivity contribution in [2.75, 3.05) is 51.5 Å². The lowest BCUT2D eigenvalue weighted by Gasteiger charge is -2.21. The number of carbonyl (C=O) groups excluding carboxylic acids is 2. The van der Waals surface area contributed by atoms with Crippen LogP contribution in [0, 0.1) is 0 Å². The molecule has 17 nitrogen and oxygen atoms in total. The average Bonchev–Trinajstić information content (AvgIpc) is 4.16. The minimum Gasteiger partial charge on any atom is -0.351 e. The Morgan fingerprint density at radius 3 is 1.65 bits per heavy atom. The van der Waals surface area contributed by atoms with Gasteiger partial charge in [0.25, 0.3) is 0 Å². The number of benzene rings is 2. The summed E-state index contributed by atoms with van der Waals surface area (Å²) in [6.45, 7) is 18.2. The van der Waals surface area contributed by atoms with Crippen LogP contribution in [0.5, 0.6) is 0 Å². The second kappa shape index (κ2) is 17.6. The Balaban J connectivity index is 0.000000171. The van der Waals surface area contributed by atoms with Gasteiger partial charge in [-0.2, -0.15) is 0 Å². The second-order valence-corrected chi connectivity index (χ2v) is 19.2. The van der Waals surface area contributed by atoms with Gasteiger partial charge in [0.1, 0.15) is 35.7 Å². The van der Waals surface area contributed by atoms with Crippen molar-refractivity contribution in [2.24, 2.45) is 7.05 Å². The van der Waals surface area contributed by atoms with E-state index < -0.39 is 15.3 Å². The molecule has 18 heteroatoms. The fourth-order valence-corrected chi connectivity index (χ4v) is 10.7. The molecule has 3 aliphatic heterocycles. The van der Waals surface area contributed by atoms with Gasteiger partial charge in [-0.3, -0.25) is 19.6 Å². The molecule has 5 aromatic heterocycles. The van der Waals surface area contributed by atoms with E-state index in [1.165, 1.54) is 0 Å². The Morgan fingerprint density at radius 2 is 1.12 bits per heavy atom. The predicted octanol–water partition coefficient (Wildman–Crippen LogP) is 8.32. The van der Waals surface area contributed by atoms with E-state index >= 15 is 0 Å². The van der Waals surface area contributed by atoms with Crippen molar-refractivity contribution in [1.82, 2.24) is 44.1 Å². The summed E-state index contributed by atoms with van der Waals surface area (Å²) in [5, 5.41) is 17.6. The number of pyridine rings is 2. The van der Waals surface area contributed by atoms with Gasteiger partial charge in [-0.15, -0.1) is 20.4 Å². The Morgan fingerprint density at radius 1 is 0.631 bits per heavy atom. The summed E-state index contributed by atoms with van der Waals surface area (Å²) in [7, 11) is -1.28. The summed E-state index contributed by atoms with van der Waals surface area (Å²) >= 11 is 0. The third-order valence-corrected chi connectivity index (χ3v) is 14.0. The molecule has 0 radical (unpaired) electrons. The first kappa shape index (κ1) is 44.6. The van der Waals surface area contributed by atoms with Crippen LogP contribution >= 0.6 is 0 Å². The molecule has 0 spiro atoms. The van der Waals surface area contributed by atoms with Crippen molar-refractivity contribution in [1.29, 1.82) is 0 Å². The van der Waals surface area contributed by atoms with E-state index in [9.17, 15) is 18.0 Å². The molecule has 8 heterocycles. The lowest BCUT2D eigenvalue weighted by molar-refractivity contribution is 0.255. The van der Waals surface area contributed by atoms with Crippen LogP contribution in [-0.2, 0) is 22.3 Å². The van der Waals surface area contributed by atoms with Crippen LogP contribution in [0.1, 0.15) is 73.0 Å². The topological polar surface area (TPSA) is 173 Å². The Hall–Kier alpha value is -6.95. The number of anilines is 4. The zero-order chi connectivity index (χ0) is 46.4. The highest BCUT2D eigenvalue weighted by atomic mass is 32.2. The molecule has 65 heavy (non-hydrogen) atoms. The molecule has 3 aliphatic rings. The van der Waals surface area contributed by atoms with Crippen molar-refractivity contribution < 1.29 is 18.0 Å². The van der Waals surface area contributed by atoms with Gasteiger partial charge in [-0.1, -0.05) is 39.8 Å². The molecule has 10 rings (SSSR count). The minimum atomic E-state index is -3.29. The first-order chi connectivity index (χ1) is 31.1. The molecule has 0 N–H and O–H groups in total. The maximum Gasteiger partial charge on any atom is 0.330 e. The van der Waals surface area contributed by atoms with E-state index in [1.54, 1.807) is 50.5 Å². The van der Waals surface area contributed by atoms with Gasteiger partial charge in [0, 0.05) is 79.2 Å². The molecule has 2 fully saturated rings. The molecule has 0 bridgehead atoms. The van der Waals surface area contributed by atoms with E-state index in [4.69, 9.17) is 9.97 Å². The molecule has 2 saturated heterocycles. The van der Waals surface area contributed by atoms with Crippen molar-refractivity contribution in [2.45, 2.75) is 77.8 Å². The van der Waals surface area contributed by atoms with Crippen LogP contribution in [0.4, 0.5) is 32.6 Å². The number of hydrogen-bond acceptors (Lipinski definition) is 10. The Kier molecular flexibility index (Phi) is 12.1. The van der Waals surface area contributed by atoms with E-state index in [1.807, 2.05) is 106 Å². The molecular formula is C47H55N13O4S. The van der Waals surface area contributed by atoms with Crippen LogP contribution in [0.15, 0.2) is 103 Å². The fourth-order valence-electron chi connectivity index (χ4n) is 8.54. The number of rotatable bonds is 8. The third-order valence-electron chi connectivity index (χ3n) is 11.8. The zero-order valence-corrected chi connectivity index (χ0v) is 39.1. The number of hydrogen-bond donors (Lipinski definition) is 0. The summed E-state index contributed by atoms with van der Waals surface area (Å²) in [6, 6.07) is 24.7. The molecule has 4 amide bonds. The molecule has 7 aromatic rings. The van der Waals surface area contributed by atoms with Crippen LogP contribution in [0.3, 0.4) is 0 Å². The molecule has 0 unspecified atom stereocenters. The average molecular weight is 898 g/mol. The van der Waals surface area contributed by atoms with Gasteiger partial charge in [-0.05, 0) is 100.0 Å². The quantitative estimate of drug-likeness (QED) is 0.144. The lowest BCUT2D eigenvalue weighted by Crippen LogP contribution is -2.32. The Labute approximate surface area is 379 Å². The lowest BCUT2D eigenvalue weighted by atomic mass is 9.87. The number of fused-ring (bicyclic) bond motifs is 2. The van der Waals surface area contributed by atoms with Gasteiger partial charge in [0.05, 0.1) is 10.6 Å². The van der Waals surface area contributed by atoms with E-state index in [0.717, 1.165) is 22.2 Å². The smallest absolute Gasteiger partial charge is 0.330 e. The molecule has 0 atom stereocenters. The van der Waals surface area contributed by atoms with E-state index in [-0.39, 0.29) is 29.9 Å². The number of sulfone groups is 1. The summed E-state index contributed by atoms with van der Waals surface area (Å²) in [5.41, 5.74) is 4.36. The summed E-state index contributed by atoms with van der Waals surface area (Å²) < 4.78 is 31.0. The number of carbonyl (C=O) groups is 2. The normalized spacial score (nSPS) is 16.4. The standard InChI is InChI=1S/C23H26N6O3S.C22H23N7O.C2H6/c1-15(2)29-14-24-26-21(29)18-6-5-7-20(25-18)28-11-10-27(22(28)30)16-8-9-19-17(12-16)23(3,4)13-33(19,31)32;1-15(2)29-14-23-25-21(29)18-5-4-6-20(24-18)28-12-11-27(22(28)30)17-7-8-19-16(13-17)9-10-26(19)3;1-2/h5-9,12,14-15H,10-11,13H2,1-4H3;4-10,13-15H,11-12H2,1-3H3;1-2H3. The van der Waals surface area contributed by atoms with Crippen molar-refractivity contribution in [3.05, 3.63) is 103 Å². The summed E-state index contributed by atoms with van der Waals surface area (Å²) in [6.07, 6.45) is 5.40. The minimum absolute atomic E-state index is 0.0692. The number of aryl methyl sites for hydroxylation is 1. The maximum atomic E-state index is 13.3. The number of nitrogens with zero attached hydrogens (tertiary/aromatic N) is 13. The van der Waals surface area contributed by atoms with Crippen LogP contribution in [-0.4, -0.2) is 96.5 Å². The maximum absolute atomic E-state index is 13.3. The number of urea groups is 2. The highest BCUT2D eigenvalue weighted by Gasteiger charge is 2.42. The molecule has 0 aliphatic carbocycles. The molecule has 2 aromatic carbocycles. The molecule has 338 valence electrons. The van der Waals surface area contributed by atoms with E-state index in [2.05, 4.69) is 57.0 Å². The second-order valence-electron chi connectivity index (χ2n) is 17.2. The third kappa shape index (κ3) is 8.33. The SMILES string of the molecule is CC.CC(C)n1cnnc1-c1cccc(N2CCN(c3ccc4c(c3)C(C)(C)CS4(=O)=O)C2=O)n1.CC(C)n1cnnc1-c1cccc(N2CCN(c3ccc4c(ccn4C)c3)C2=O)n1. The highest BCUT2D eigenvalue weighted by Crippen LogP contribution is 2.42. The predicted molar refractivity (Wildman–Crippen MR) is 253 cm³/mol. The van der Waals surface area contributed by atoms with Crippen molar-refractivity contribution in [3.63, 3.8) is 0 Å². The van der Waals surface area contributed by atoms with Gasteiger partial charge < -0.3 is 13.7 Å². The molecule has 0 saturated carbocycles. The number of aromatic nitrogens is 9. The Bertz CT molecular complexity index is 3010.